The van der Waals surface area contributed by atoms with Crippen LogP contribution in [0.3, 0.4) is 0 Å². The predicted octanol–water partition coefficient (Wildman–Crippen LogP) is 2.96. The SMILES string of the molecule is C=CCCC/C=C\[C@@H](C#CC#C[C@H](C=C)OC(C)=O)OC(C)=O. The third-order valence-electron chi connectivity index (χ3n) is 2.38. The summed E-state index contributed by atoms with van der Waals surface area (Å²) in [6, 6.07) is 0. The average Bonchev–Trinajstić information content (AvgIpc) is 2.48. The highest BCUT2D eigenvalue weighted by atomic mass is 16.5. The molecule has 0 bridgehead atoms. The predicted molar refractivity (Wildman–Crippen MR) is 90.0 cm³/mol. The lowest BCUT2D eigenvalue weighted by Gasteiger charge is -2.05. The molecule has 122 valence electrons. The molecule has 0 aliphatic carbocycles. The van der Waals surface area contributed by atoms with Crippen molar-refractivity contribution in [3.8, 4) is 23.7 Å². The first-order valence-corrected chi connectivity index (χ1v) is 7.25. The average molecular weight is 314 g/mol. The first-order chi connectivity index (χ1) is 11.0. The number of hydrogen-bond acceptors (Lipinski definition) is 4. The second-order valence-corrected chi connectivity index (χ2v) is 4.48. The van der Waals surface area contributed by atoms with Crippen molar-refractivity contribution in [2.24, 2.45) is 0 Å². The molecule has 0 spiro atoms. The number of rotatable bonds is 8. The fourth-order valence-corrected chi connectivity index (χ4v) is 1.43. The highest BCUT2D eigenvalue weighted by Crippen LogP contribution is 2.00. The van der Waals surface area contributed by atoms with Crippen LogP contribution in [-0.4, -0.2) is 24.1 Å². The molecule has 0 unspecified atom stereocenters. The van der Waals surface area contributed by atoms with Crippen LogP contribution < -0.4 is 0 Å². The molecule has 0 heterocycles. The Labute approximate surface area is 138 Å². The van der Waals surface area contributed by atoms with Gasteiger partial charge in [-0.1, -0.05) is 18.7 Å². The van der Waals surface area contributed by atoms with E-state index in [0.717, 1.165) is 19.3 Å². The Kier molecular flexibility index (Phi) is 11.4. The standard InChI is InChI=1S/C19H22O4/c1-5-7-8-9-10-14-19(23-17(4)21)15-12-11-13-18(6-2)22-16(3)20/h5-6,10,14,18-19H,1-2,7-9H2,3-4H3/b14-10-/t18-,19-/m0/s1. The zero-order valence-corrected chi connectivity index (χ0v) is 13.6. The van der Waals surface area contributed by atoms with Crippen LogP contribution in [-0.2, 0) is 19.1 Å². The van der Waals surface area contributed by atoms with Gasteiger partial charge in [0.1, 0.15) is 0 Å². The normalized spacial score (nSPS) is 11.9. The molecular weight excluding hydrogens is 292 g/mol. The fourth-order valence-electron chi connectivity index (χ4n) is 1.43. The maximum absolute atomic E-state index is 11.1. The van der Waals surface area contributed by atoms with Gasteiger partial charge in [-0.2, -0.15) is 0 Å². The van der Waals surface area contributed by atoms with Crippen molar-refractivity contribution in [1.82, 2.24) is 0 Å². The van der Waals surface area contributed by atoms with E-state index < -0.39 is 24.1 Å². The van der Waals surface area contributed by atoms with Crippen molar-refractivity contribution in [2.75, 3.05) is 0 Å². The van der Waals surface area contributed by atoms with Gasteiger partial charge in [0.15, 0.2) is 12.2 Å². The molecule has 0 aliphatic heterocycles. The third kappa shape index (κ3) is 12.7. The highest BCUT2D eigenvalue weighted by Gasteiger charge is 2.03. The van der Waals surface area contributed by atoms with E-state index >= 15 is 0 Å². The summed E-state index contributed by atoms with van der Waals surface area (Å²) < 4.78 is 9.93. The van der Waals surface area contributed by atoms with Crippen molar-refractivity contribution in [2.45, 2.75) is 45.3 Å². The number of carbonyl (C=O) groups is 2. The van der Waals surface area contributed by atoms with Crippen LogP contribution in [0.25, 0.3) is 0 Å². The van der Waals surface area contributed by atoms with Crippen molar-refractivity contribution in [3.63, 3.8) is 0 Å². The molecule has 0 radical (unpaired) electrons. The van der Waals surface area contributed by atoms with Gasteiger partial charge in [0, 0.05) is 13.8 Å². The van der Waals surface area contributed by atoms with Crippen LogP contribution in [0.4, 0.5) is 0 Å². The van der Waals surface area contributed by atoms with Crippen LogP contribution >= 0.6 is 0 Å². The number of unbranched alkanes of at least 4 members (excludes halogenated alkanes) is 2. The molecule has 0 aromatic rings. The highest BCUT2D eigenvalue weighted by molar-refractivity contribution is 5.67. The minimum atomic E-state index is -0.705. The van der Waals surface area contributed by atoms with Crippen LogP contribution in [0.1, 0.15) is 33.1 Å². The molecule has 0 saturated heterocycles. The first kappa shape index (κ1) is 20.3. The third-order valence-corrected chi connectivity index (χ3v) is 2.38. The van der Waals surface area contributed by atoms with E-state index in [2.05, 4.69) is 36.8 Å². The number of hydrogen-bond donors (Lipinski definition) is 0. The Hall–Kier alpha value is -2.72. The second kappa shape index (κ2) is 13.0. The lowest BCUT2D eigenvalue weighted by Crippen LogP contribution is -2.11. The molecule has 4 nitrogen and oxygen atoms in total. The zero-order chi connectivity index (χ0) is 17.5. The molecular formula is C19H22O4. The van der Waals surface area contributed by atoms with E-state index in [1.54, 1.807) is 6.08 Å². The first-order valence-electron chi connectivity index (χ1n) is 7.25. The quantitative estimate of drug-likeness (QED) is 0.299. The van der Waals surface area contributed by atoms with Gasteiger partial charge in [0.2, 0.25) is 0 Å². The molecule has 0 N–H and O–H groups in total. The minimum Gasteiger partial charge on any atom is -0.445 e. The van der Waals surface area contributed by atoms with E-state index in [1.165, 1.54) is 19.9 Å². The van der Waals surface area contributed by atoms with E-state index in [4.69, 9.17) is 9.47 Å². The molecule has 0 aromatic carbocycles. The van der Waals surface area contributed by atoms with E-state index in [0.29, 0.717) is 0 Å². The Morgan fingerprint density at radius 3 is 2.09 bits per heavy atom. The molecule has 0 amide bonds. The zero-order valence-electron chi connectivity index (χ0n) is 13.6. The lowest BCUT2D eigenvalue weighted by molar-refractivity contribution is -0.143. The fraction of sp³-hybridized carbons (Fsp3) is 0.368. The summed E-state index contributed by atoms with van der Waals surface area (Å²) in [5, 5.41) is 0. The summed E-state index contributed by atoms with van der Waals surface area (Å²) in [6.07, 6.45) is 8.28. The van der Waals surface area contributed by atoms with Gasteiger partial charge in [-0.05, 0) is 55.1 Å². The maximum Gasteiger partial charge on any atom is 0.304 e. The molecule has 4 heteroatoms. The summed E-state index contributed by atoms with van der Waals surface area (Å²) >= 11 is 0. The van der Waals surface area contributed by atoms with E-state index in [-0.39, 0.29) is 0 Å². The van der Waals surface area contributed by atoms with Crippen molar-refractivity contribution in [3.05, 3.63) is 37.5 Å². The summed E-state index contributed by atoms with van der Waals surface area (Å²) in [5.74, 6) is 9.64. The summed E-state index contributed by atoms with van der Waals surface area (Å²) in [5.41, 5.74) is 0. The van der Waals surface area contributed by atoms with Gasteiger partial charge < -0.3 is 9.47 Å². The Morgan fingerprint density at radius 1 is 1.00 bits per heavy atom. The van der Waals surface area contributed by atoms with E-state index in [1.807, 2.05) is 12.2 Å². The topological polar surface area (TPSA) is 52.6 Å². The van der Waals surface area contributed by atoms with Gasteiger partial charge in [0.25, 0.3) is 0 Å². The molecule has 23 heavy (non-hydrogen) atoms. The Morgan fingerprint density at radius 2 is 1.57 bits per heavy atom. The second-order valence-electron chi connectivity index (χ2n) is 4.48. The Bertz CT molecular complexity index is 564. The van der Waals surface area contributed by atoms with Gasteiger partial charge >= 0.3 is 11.9 Å². The van der Waals surface area contributed by atoms with Crippen LogP contribution in [0.5, 0.6) is 0 Å². The van der Waals surface area contributed by atoms with Gasteiger partial charge in [-0.25, -0.2) is 0 Å². The number of esters is 2. The number of ether oxygens (including phenoxy) is 2. The molecule has 0 rings (SSSR count). The molecule has 0 aliphatic rings. The maximum atomic E-state index is 11.1. The smallest absolute Gasteiger partial charge is 0.304 e. The van der Waals surface area contributed by atoms with Gasteiger partial charge in [0.05, 0.1) is 0 Å². The van der Waals surface area contributed by atoms with Gasteiger partial charge in [-0.3, -0.25) is 9.59 Å². The molecule has 2 atom stereocenters. The molecule has 0 fully saturated rings. The largest absolute Gasteiger partial charge is 0.445 e. The van der Waals surface area contributed by atoms with Crippen LogP contribution in [0, 0.1) is 23.7 Å². The van der Waals surface area contributed by atoms with Crippen molar-refractivity contribution in [1.29, 1.82) is 0 Å². The molecule has 0 saturated carbocycles. The van der Waals surface area contributed by atoms with Gasteiger partial charge in [-0.15, -0.1) is 6.58 Å². The Balaban J connectivity index is 4.72. The summed E-state index contributed by atoms with van der Waals surface area (Å²) in [4.78, 5) is 21.9. The van der Waals surface area contributed by atoms with Crippen LogP contribution in [0.15, 0.2) is 37.5 Å². The van der Waals surface area contributed by atoms with Crippen molar-refractivity contribution >= 4 is 11.9 Å². The molecule has 0 aromatic heterocycles. The lowest BCUT2D eigenvalue weighted by atomic mass is 10.2. The monoisotopic (exact) mass is 314 g/mol. The minimum absolute atomic E-state index is 0.420. The van der Waals surface area contributed by atoms with Crippen LogP contribution in [0.2, 0.25) is 0 Å². The van der Waals surface area contributed by atoms with Crippen molar-refractivity contribution < 1.29 is 19.1 Å². The summed E-state index contributed by atoms with van der Waals surface area (Å²) in [6.45, 7) is 9.78. The van der Waals surface area contributed by atoms with E-state index in [9.17, 15) is 9.59 Å². The summed E-state index contributed by atoms with van der Waals surface area (Å²) in [7, 11) is 0. The number of carbonyl (C=O) groups excluding carboxylic acids is 2. The number of allylic oxidation sites excluding steroid dienone is 2.